The minimum atomic E-state index is -0.460. The largest absolute Gasteiger partial charge is 0.367 e. The lowest BCUT2D eigenvalue weighted by Crippen LogP contribution is -2.44. The Hall–Kier alpha value is -2.84. The molecular formula is C20H24ClN5O3. The molecule has 0 saturated carbocycles. The second-order valence-corrected chi connectivity index (χ2v) is 7.55. The lowest BCUT2D eigenvalue weighted by molar-refractivity contribution is -0.111. The Labute approximate surface area is 173 Å². The molecule has 2 heterocycles. The zero-order valence-corrected chi connectivity index (χ0v) is 17.4. The number of hydrogen-bond acceptors (Lipinski definition) is 5. The number of nitrogens with one attached hydrogen (secondary N) is 1. The Morgan fingerprint density at radius 2 is 1.79 bits per heavy atom. The number of benzene rings is 1. The fourth-order valence-electron chi connectivity index (χ4n) is 3.22. The van der Waals surface area contributed by atoms with Gasteiger partial charge in [0.15, 0.2) is 0 Å². The molecule has 1 amide bonds. The average molecular weight is 418 g/mol. The van der Waals surface area contributed by atoms with E-state index in [9.17, 15) is 14.4 Å². The number of anilines is 2. The first-order chi connectivity index (χ1) is 13.8. The van der Waals surface area contributed by atoms with Crippen molar-refractivity contribution in [3.05, 3.63) is 61.9 Å². The third kappa shape index (κ3) is 4.78. The standard InChI is InChI=1S/C20H24ClN5O3/c1-23-8-10-26(11-9-23)17-6-5-15(21)12-16(17)22-18(27)7-4-14-13-24(2)20(29)25(3)19(14)28/h4-7,12-13H,8-11H2,1-3H3,(H,22,27)/b7-4+. The molecule has 0 spiro atoms. The van der Waals surface area contributed by atoms with Crippen LogP contribution in [0, 0.1) is 0 Å². The van der Waals surface area contributed by atoms with Gasteiger partial charge in [-0.1, -0.05) is 11.6 Å². The van der Waals surface area contributed by atoms with Crippen LogP contribution >= 0.6 is 11.6 Å². The van der Waals surface area contributed by atoms with Gasteiger partial charge in [-0.05, 0) is 31.3 Å². The third-order valence-electron chi connectivity index (χ3n) is 4.95. The summed E-state index contributed by atoms with van der Waals surface area (Å²) >= 11 is 6.13. The van der Waals surface area contributed by atoms with Crippen molar-refractivity contribution in [3.63, 3.8) is 0 Å². The van der Waals surface area contributed by atoms with Crippen molar-refractivity contribution in [2.45, 2.75) is 0 Å². The van der Waals surface area contributed by atoms with Gasteiger partial charge in [0.25, 0.3) is 5.56 Å². The Morgan fingerprint density at radius 1 is 1.10 bits per heavy atom. The second kappa shape index (κ2) is 8.67. The second-order valence-electron chi connectivity index (χ2n) is 7.12. The summed E-state index contributed by atoms with van der Waals surface area (Å²) < 4.78 is 2.29. The number of halogens is 1. The molecule has 0 aliphatic carbocycles. The maximum absolute atomic E-state index is 12.5. The van der Waals surface area contributed by atoms with E-state index in [1.807, 2.05) is 6.07 Å². The first-order valence-electron chi connectivity index (χ1n) is 9.25. The van der Waals surface area contributed by atoms with Gasteiger partial charge in [0, 0.05) is 57.6 Å². The predicted molar refractivity (Wildman–Crippen MR) is 116 cm³/mol. The number of carbonyl (C=O) groups excluding carboxylic acids is 1. The van der Waals surface area contributed by atoms with E-state index in [1.165, 1.54) is 30.0 Å². The minimum absolute atomic E-state index is 0.245. The lowest BCUT2D eigenvalue weighted by atomic mass is 10.2. The molecule has 0 bridgehead atoms. The van der Waals surface area contributed by atoms with E-state index >= 15 is 0 Å². The number of piperazine rings is 1. The molecule has 0 unspecified atom stereocenters. The van der Waals surface area contributed by atoms with E-state index in [2.05, 4.69) is 22.2 Å². The van der Waals surface area contributed by atoms with Crippen molar-refractivity contribution in [1.82, 2.24) is 14.0 Å². The fraction of sp³-hybridized carbons (Fsp3) is 0.350. The van der Waals surface area contributed by atoms with Gasteiger partial charge in [-0.25, -0.2) is 4.79 Å². The number of rotatable bonds is 4. The smallest absolute Gasteiger partial charge is 0.330 e. The minimum Gasteiger partial charge on any atom is -0.367 e. The normalized spacial score (nSPS) is 15.1. The third-order valence-corrected chi connectivity index (χ3v) is 5.18. The van der Waals surface area contributed by atoms with Gasteiger partial charge in [0.05, 0.1) is 16.9 Å². The molecule has 1 N–H and O–H groups in total. The summed E-state index contributed by atoms with van der Waals surface area (Å²) in [5, 5.41) is 3.37. The molecule has 1 aromatic carbocycles. The molecule has 8 nitrogen and oxygen atoms in total. The number of aromatic nitrogens is 2. The van der Waals surface area contributed by atoms with Gasteiger partial charge >= 0.3 is 5.69 Å². The van der Waals surface area contributed by atoms with Gasteiger partial charge < -0.3 is 19.7 Å². The molecule has 1 saturated heterocycles. The Kier molecular flexibility index (Phi) is 6.24. The van der Waals surface area contributed by atoms with Crippen LogP contribution in [0.2, 0.25) is 5.02 Å². The summed E-state index contributed by atoms with van der Waals surface area (Å²) in [5.74, 6) is -0.390. The molecule has 154 valence electrons. The molecule has 0 radical (unpaired) electrons. The van der Waals surface area contributed by atoms with Crippen LogP contribution in [-0.4, -0.2) is 53.2 Å². The molecule has 0 atom stereocenters. The number of aryl methyl sites for hydroxylation is 1. The van der Waals surface area contributed by atoms with Crippen molar-refractivity contribution in [3.8, 4) is 0 Å². The molecule has 29 heavy (non-hydrogen) atoms. The summed E-state index contributed by atoms with van der Waals surface area (Å²) in [4.78, 5) is 40.9. The number of nitrogens with zero attached hydrogens (tertiary/aromatic N) is 4. The van der Waals surface area contributed by atoms with Crippen molar-refractivity contribution in [2.75, 3.05) is 43.4 Å². The summed E-state index contributed by atoms with van der Waals surface area (Å²) in [7, 11) is 5.03. The number of likely N-dealkylation sites (N-methyl/N-ethyl adjacent to an activating group) is 1. The Bertz CT molecular complexity index is 1060. The monoisotopic (exact) mass is 417 g/mol. The van der Waals surface area contributed by atoms with Crippen LogP contribution < -0.4 is 21.5 Å². The number of carbonyl (C=O) groups is 1. The van der Waals surface area contributed by atoms with E-state index in [-0.39, 0.29) is 5.56 Å². The SMILES string of the molecule is CN1CCN(c2ccc(Cl)cc2NC(=O)/C=C/c2cn(C)c(=O)n(C)c2=O)CC1. The molecule has 9 heteroatoms. The van der Waals surface area contributed by atoms with Gasteiger partial charge in [0.1, 0.15) is 0 Å². The van der Waals surface area contributed by atoms with E-state index < -0.39 is 17.2 Å². The zero-order chi connectivity index (χ0) is 21.1. The quantitative estimate of drug-likeness (QED) is 0.755. The van der Waals surface area contributed by atoms with Gasteiger partial charge in [0.2, 0.25) is 5.91 Å². The zero-order valence-electron chi connectivity index (χ0n) is 16.7. The molecule has 1 aliphatic heterocycles. The molecule has 1 fully saturated rings. The van der Waals surface area contributed by atoms with E-state index in [1.54, 1.807) is 19.2 Å². The average Bonchev–Trinajstić information content (AvgIpc) is 2.69. The van der Waals surface area contributed by atoms with Crippen LogP contribution in [-0.2, 0) is 18.9 Å². The van der Waals surface area contributed by atoms with Crippen LogP contribution in [0.3, 0.4) is 0 Å². The van der Waals surface area contributed by atoms with Gasteiger partial charge in [-0.2, -0.15) is 0 Å². The highest BCUT2D eigenvalue weighted by Crippen LogP contribution is 2.30. The van der Waals surface area contributed by atoms with Crippen LogP contribution in [0.1, 0.15) is 5.56 Å². The molecule has 3 rings (SSSR count). The van der Waals surface area contributed by atoms with Gasteiger partial charge in [-0.3, -0.25) is 14.2 Å². The highest BCUT2D eigenvalue weighted by Gasteiger charge is 2.18. The Balaban J connectivity index is 1.81. The molecule has 1 aromatic heterocycles. The maximum atomic E-state index is 12.5. The number of hydrogen-bond donors (Lipinski definition) is 1. The van der Waals surface area contributed by atoms with Gasteiger partial charge in [-0.15, -0.1) is 0 Å². The summed E-state index contributed by atoms with van der Waals surface area (Å²) in [5.41, 5.74) is 0.882. The highest BCUT2D eigenvalue weighted by atomic mass is 35.5. The summed E-state index contributed by atoms with van der Waals surface area (Å²) in [6, 6.07) is 5.41. The highest BCUT2D eigenvalue weighted by molar-refractivity contribution is 6.31. The summed E-state index contributed by atoms with van der Waals surface area (Å²) in [6.07, 6.45) is 4.08. The van der Waals surface area contributed by atoms with Crippen molar-refractivity contribution >= 4 is 35.0 Å². The van der Waals surface area contributed by atoms with Crippen LogP contribution in [0.5, 0.6) is 0 Å². The van der Waals surface area contributed by atoms with Crippen molar-refractivity contribution in [2.24, 2.45) is 14.1 Å². The maximum Gasteiger partial charge on any atom is 0.330 e. The molecule has 2 aromatic rings. The topological polar surface area (TPSA) is 79.6 Å². The van der Waals surface area contributed by atoms with Crippen LogP contribution in [0.15, 0.2) is 40.1 Å². The van der Waals surface area contributed by atoms with E-state index in [4.69, 9.17) is 11.6 Å². The fourth-order valence-corrected chi connectivity index (χ4v) is 3.39. The van der Waals surface area contributed by atoms with Crippen LogP contribution in [0.4, 0.5) is 11.4 Å². The molecule has 1 aliphatic rings. The first kappa shape index (κ1) is 20.9. The van der Waals surface area contributed by atoms with E-state index in [0.717, 1.165) is 36.4 Å². The number of amides is 1. The van der Waals surface area contributed by atoms with Crippen molar-refractivity contribution in [1.29, 1.82) is 0 Å². The van der Waals surface area contributed by atoms with Crippen molar-refractivity contribution < 1.29 is 4.79 Å². The predicted octanol–water partition coefficient (Wildman–Crippen LogP) is 1.14. The Morgan fingerprint density at radius 3 is 2.48 bits per heavy atom. The first-order valence-corrected chi connectivity index (χ1v) is 9.63. The van der Waals surface area contributed by atoms with E-state index in [0.29, 0.717) is 10.7 Å². The summed E-state index contributed by atoms with van der Waals surface area (Å²) in [6.45, 7) is 3.58. The lowest BCUT2D eigenvalue weighted by Gasteiger charge is -2.35. The molecular weight excluding hydrogens is 394 g/mol. The van der Waals surface area contributed by atoms with Crippen LogP contribution in [0.25, 0.3) is 6.08 Å².